The lowest BCUT2D eigenvalue weighted by Crippen LogP contribution is -2.43. The average molecular weight is 453 g/mol. The molecule has 0 bridgehead atoms. The highest BCUT2D eigenvalue weighted by atomic mass is 79.9. The number of thioether (sulfide) groups is 1. The molecule has 1 fully saturated rings. The molecule has 0 spiro atoms. The number of aliphatic imine (C=N–C) groups is 1. The summed E-state index contributed by atoms with van der Waals surface area (Å²) in [6.07, 6.45) is 0.108. The normalized spacial score (nSPS) is 18.9. The zero-order chi connectivity index (χ0) is 18.7. The van der Waals surface area contributed by atoms with Crippen molar-refractivity contribution < 1.29 is 9.59 Å². The molecule has 1 aliphatic heterocycles. The Bertz CT molecular complexity index is 873. The number of hydrogen-bond acceptors (Lipinski definition) is 4. The number of amides is 2. The molecule has 0 aliphatic carbocycles. The number of carbonyl (C=O) groups is 2. The summed E-state index contributed by atoms with van der Waals surface area (Å²) < 4.78 is 0.944. The summed E-state index contributed by atoms with van der Waals surface area (Å²) in [6.45, 7) is 0. The van der Waals surface area contributed by atoms with Gasteiger partial charge in [-0.1, -0.05) is 51.4 Å². The molecule has 1 atom stereocenters. The van der Waals surface area contributed by atoms with Crippen molar-refractivity contribution in [3.05, 3.63) is 58.0 Å². The Morgan fingerprint density at radius 2 is 1.96 bits per heavy atom. The molecule has 5 nitrogen and oxygen atoms in total. The molecule has 1 N–H and O–H groups in total. The largest absolute Gasteiger partial charge is 0.324 e. The monoisotopic (exact) mass is 451 g/mol. The Hall–Kier alpha value is -1.83. The van der Waals surface area contributed by atoms with Gasteiger partial charge in [0.1, 0.15) is 5.25 Å². The van der Waals surface area contributed by atoms with Gasteiger partial charge in [-0.2, -0.15) is 0 Å². The van der Waals surface area contributed by atoms with Crippen LogP contribution in [0, 0.1) is 0 Å². The van der Waals surface area contributed by atoms with Gasteiger partial charge in [0, 0.05) is 17.9 Å². The van der Waals surface area contributed by atoms with Crippen molar-refractivity contribution in [3.8, 4) is 0 Å². The molecule has 2 aromatic carbocycles. The molecule has 8 heteroatoms. The van der Waals surface area contributed by atoms with Crippen molar-refractivity contribution in [2.24, 2.45) is 4.99 Å². The van der Waals surface area contributed by atoms with Crippen LogP contribution in [0.3, 0.4) is 0 Å². The number of halogens is 2. The van der Waals surface area contributed by atoms with Crippen LogP contribution in [0.4, 0.5) is 11.4 Å². The van der Waals surface area contributed by atoms with Gasteiger partial charge >= 0.3 is 0 Å². The summed E-state index contributed by atoms with van der Waals surface area (Å²) in [7, 11) is 1.66. The summed E-state index contributed by atoms with van der Waals surface area (Å²) in [5.41, 5.74) is 1.24. The second-order valence-electron chi connectivity index (χ2n) is 5.60. The lowest BCUT2D eigenvalue weighted by atomic mass is 10.2. The predicted octanol–water partition coefficient (Wildman–Crippen LogP) is 4.69. The van der Waals surface area contributed by atoms with Gasteiger partial charge in [-0.3, -0.25) is 14.5 Å². The van der Waals surface area contributed by atoms with Gasteiger partial charge in [0.25, 0.3) is 0 Å². The first-order valence-corrected chi connectivity index (χ1v) is 9.82. The minimum Gasteiger partial charge on any atom is -0.324 e. The molecule has 1 heterocycles. The molecule has 0 radical (unpaired) electrons. The zero-order valence-corrected chi connectivity index (χ0v) is 16.9. The van der Waals surface area contributed by atoms with E-state index in [0.717, 1.165) is 4.47 Å². The molecular weight excluding hydrogens is 438 g/mol. The molecule has 3 rings (SSSR count). The third-order valence-corrected chi connectivity index (χ3v) is 5.84. The number of benzene rings is 2. The van der Waals surface area contributed by atoms with Crippen LogP contribution in [-0.4, -0.2) is 34.2 Å². The van der Waals surface area contributed by atoms with Crippen LogP contribution in [0.25, 0.3) is 0 Å². The van der Waals surface area contributed by atoms with E-state index in [1.807, 2.05) is 24.3 Å². The number of carbonyl (C=O) groups excluding carboxylic acids is 2. The summed E-state index contributed by atoms with van der Waals surface area (Å²) in [4.78, 5) is 30.9. The number of nitrogens with zero attached hydrogens (tertiary/aromatic N) is 2. The van der Waals surface area contributed by atoms with E-state index in [0.29, 0.717) is 21.6 Å². The SMILES string of the molecule is CN1C(=O)CC(C(=O)Nc2ccccc2Cl)SC1=Nc1ccc(Br)cc1. The lowest BCUT2D eigenvalue weighted by molar-refractivity contribution is -0.128. The first-order chi connectivity index (χ1) is 12.4. The Kier molecular flexibility index (Phi) is 6.01. The maximum absolute atomic E-state index is 12.6. The van der Waals surface area contributed by atoms with E-state index in [4.69, 9.17) is 11.6 Å². The van der Waals surface area contributed by atoms with Crippen LogP contribution in [0.1, 0.15) is 6.42 Å². The first kappa shape index (κ1) is 18.9. The van der Waals surface area contributed by atoms with Gasteiger partial charge in [0.2, 0.25) is 11.8 Å². The number of hydrogen-bond donors (Lipinski definition) is 1. The van der Waals surface area contributed by atoms with Crippen molar-refractivity contribution >= 4 is 67.6 Å². The minimum absolute atomic E-state index is 0.108. The number of para-hydroxylation sites is 1. The topological polar surface area (TPSA) is 61.8 Å². The minimum atomic E-state index is -0.566. The second-order valence-corrected chi connectivity index (χ2v) is 8.10. The van der Waals surface area contributed by atoms with Crippen LogP contribution in [0.5, 0.6) is 0 Å². The van der Waals surface area contributed by atoms with Crippen LogP contribution in [0.2, 0.25) is 5.02 Å². The number of anilines is 1. The number of nitrogens with one attached hydrogen (secondary N) is 1. The molecule has 1 aliphatic rings. The smallest absolute Gasteiger partial charge is 0.238 e. The quantitative estimate of drug-likeness (QED) is 0.735. The van der Waals surface area contributed by atoms with Crippen LogP contribution in [-0.2, 0) is 9.59 Å². The van der Waals surface area contributed by atoms with Gasteiger partial charge < -0.3 is 5.32 Å². The van der Waals surface area contributed by atoms with Crippen molar-refractivity contribution in [2.75, 3.05) is 12.4 Å². The van der Waals surface area contributed by atoms with Gasteiger partial charge in [0.15, 0.2) is 5.17 Å². The summed E-state index contributed by atoms with van der Waals surface area (Å²) in [5.74, 6) is -0.424. The van der Waals surface area contributed by atoms with Crippen LogP contribution < -0.4 is 5.32 Å². The standard InChI is InChI=1S/C18H15BrClN3O2S/c1-23-16(24)10-15(17(25)22-14-5-3-2-4-13(14)20)26-18(23)21-12-8-6-11(19)7-9-12/h2-9,15H,10H2,1H3,(H,22,25). The van der Waals surface area contributed by atoms with Crippen molar-refractivity contribution in [1.29, 1.82) is 0 Å². The van der Waals surface area contributed by atoms with Crippen molar-refractivity contribution in [1.82, 2.24) is 4.90 Å². The predicted molar refractivity (Wildman–Crippen MR) is 110 cm³/mol. The average Bonchev–Trinajstić information content (AvgIpc) is 2.62. The van der Waals surface area contributed by atoms with E-state index in [1.54, 1.807) is 31.3 Å². The molecule has 2 amide bonds. The van der Waals surface area contributed by atoms with E-state index in [2.05, 4.69) is 26.2 Å². The van der Waals surface area contributed by atoms with Gasteiger partial charge in [0.05, 0.1) is 16.4 Å². The second kappa shape index (κ2) is 8.24. The third-order valence-electron chi connectivity index (χ3n) is 3.74. The van der Waals surface area contributed by atoms with E-state index in [1.165, 1.54) is 16.7 Å². The number of amidine groups is 1. The summed E-state index contributed by atoms with van der Waals surface area (Å²) in [6, 6.07) is 14.4. The summed E-state index contributed by atoms with van der Waals surface area (Å²) >= 11 is 10.7. The molecule has 134 valence electrons. The lowest BCUT2D eigenvalue weighted by Gasteiger charge is -2.28. The molecule has 1 saturated heterocycles. The highest BCUT2D eigenvalue weighted by molar-refractivity contribution is 9.10. The zero-order valence-electron chi connectivity index (χ0n) is 13.8. The molecular formula is C18H15BrClN3O2S. The van der Waals surface area contributed by atoms with E-state index in [-0.39, 0.29) is 18.2 Å². The Balaban J connectivity index is 1.79. The fourth-order valence-electron chi connectivity index (χ4n) is 2.30. The number of rotatable bonds is 3. The van der Waals surface area contributed by atoms with Gasteiger partial charge in [-0.05, 0) is 36.4 Å². The molecule has 0 saturated carbocycles. The fraction of sp³-hybridized carbons (Fsp3) is 0.167. The molecule has 0 aromatic heterocycles. The third kappa shape index (κ3) is 4.47. The van der Waals surface area contributed by atoms with Gasteiger partial charge in [-0.15, -0.1) is 0 Å². The van der Waals surface area contributed by atoms with E-state index in [9.17, 15) is 9.59 Å². The highest BCUT2D eigenvalue weighted by Gasteiger charge is 2.34. The fourth-order valence-corrected chi connectivity index (χ4v) is 3.81. The maximum Gasteiger partial charge on any atom is 0.238 e. The Labute approximate surface area is 168 Å². The highest BCUT2D eigenvalue weighted by Crippen LogP contribution is 2.30. The first-order valence-electron chi connectivity index (χ1n) is 7.77. The van der Waals surface area contributed by atoms with E-state index >= 15 is 0 Å². The van der Waals surface area contributed by atoms with Crippen molar-refractivity contribution in [2.45, 2.75) is 11.7 Å². The van der Waals surface area contributed by atoms with Crippen LogP contribution >= 0.6 is 39.3 Å². The Morgan fingerprint density at radius 1 is 1.27 bits per heavy atom. The maximum atomic E-state index is 12.6. The molecule has 26 heavy (non-hydrogen) atoms. The van der Waals surface area contributed by atoms with Gasteiger partial charge in [-0.25, -0.2) is 4.99 Å². The van der Waals surface area contributed by atoms with Crippen molar-refractivity contribution in [3.63, 3.8) is 0 Å². The molecule has 2 aromatic rings. The van der Waals surface area contributed by atoms with E-state index < -0.39 is 5.25 Å². The van der Waals surface area contributed by atoms with Crippen LogP contribution in [0.15, 0.2) is 58.0 Å². The Morgan fingerprint density at radius 3 is 2.65 bits per heavy atom. The summed E-state index contributed by atoms with van der Waals surface area (Å²) in [5, 5.41) is 3.16. The molecule has 1 unspecified atom stereocenters.